The van der Waals surface area contributed by atoms with Gasteiger partial charge in [0.05, 0.1) is 0 Å². The zero-order chi connectivity index (χ0) is 16.2. The maximum Gasteiger partial charge on any atom is 0.231 e. The Bertz CT molecular complexity index is 190. The summed E-state index contributed by atoms with van der Waals surface area (Å²) in [7, 11) is 0. The first-order valence-corrected chi connectivity index (χ1v) is 8.42. The summed E-state index contributed by atoms with van der Waals surface area (Å²) >= 11 is 0. The highest BCUT2D eigenvalue weighted by Crippen LogP contribution is 2.26. The molecular weight excluding hydrogens is 270 g/mol. The molecule has 0 aliphatic rings. The minimum absolute atomic E-state index is 0.563. The summed E-state index contributed by atoms with van der Waals surface area (Å²) in [6, 6.07) is 0. The minimum Gasteiger partial charge on any atom is -0.338 e. The average Bonchev–Trinajstić information content (AvgIpc) is 2.40. The van der Waals surface area contributed by atoms with Crippen LogP contribution in [-0.2, 0) is 18.9 Å². The molecule has 0 aromatic carbocycles. The predicted molar refractivity (Wildman–Crippen MR) is 84.9 cm³/mol. The lowest BCUT2D eigenvalue weighted by Crippen LogP contribution is -2.63. The molecule has 0 unspecified atom stereocenters. The van der Waals surface area contributed by atoms with E-state index in [0.29, 0.717) is 26.4 Å². The summed E-state index contributed by atoms with van der Waals surface area (Å²) in [6.07, 6.45) is 3.35. The van der Waals surface area contributed by atoms with E-state index in [1.54, 1.807) is 0 Å². The molecule has 0 aromatic rings. The Labute approximate surface area is 130 Å². The Morgan fingerprint density at radius 3 is 1.05 bits per heavy atom. The Morgan fingerprint density at radius 2 is 0.857 bits per heavy atom. The van der Waals surface area contributed by atoms with Crippen LogP contribution in [0.3, 0.4) is 0 Å². The Kier molecular flexibility index (Phi) is 11.3. The van der Waals surface area contributed by atoms with E-state index in [1.165, 1.54) is 0 Å². The zero-order valence-corrected chi connectivity index (χ0v) is 14.8. The fourth-order valence-electron chi connectivity index (χ4n) is 2.52. The molecule has 0 bridgehead atoms. The third-order valence-electron chi connectivity index (χ3n) is 3.05. The summed E-state index contributed by atoms with van der Waals surface area (Å²) in [5.74, 6) is -1.73. The van der Waals surface area contributed by atoms with E-state index in [-0.39, 0.29) is 0 Å². The quantitative estimate of drug-likeness (QED) is 0.497. The lowest BCUT2D eigenvalue weighted by atomic mass is 10.2. The van der Waals surface area contributed by atoms with Crippen molar-refractivity contribution in [1.29, 1.82) is 0 Å². The first-order valence-electron chi connectivity index (χ1n) is 8.42. The van der Waals surface area contributed by atoms with Crippen molar-refractivity contribution >= 4 is 0 Å². The molecule has 0 rings (SSSR count). The predicted octanol–water partition coefficient (Wildman–Crippen LogP) is 3.63. The maximum absolute atomic E-state index is 5.91. The summed E-state index contributed by atoms with van der Waals surface area (Å²) in [6.45, 7) is 14.3. The lowest BCUT2D eigenvalue weighted by Gasteiger charge is -2.43. The first kappa shape index (κ1) is 20.8. The van der Waals surface area contributed by atoms with Gasteiger partial charge >= 0.3 is 0 Å². The van der Waals surface area contributed by atoms with Crippen LogP contribution < -0.4 is 5.32 Å². The fourth-order valence-corrected chi connectivity index (χ4v) is 2.52. The van der Waals surface area contributed by atoms with Crippen molar-refractivity contribution < 1.29 is 18.9 Å². The summed E-state index contributed by atoms with van der Waals surface area (Å²) in [5.41, 5.74) is 0. The van der Waals surface area contributed by atoms with Gasteiger partial charge in [-0.3, -0.25) is 0 Å². The van der Waals surface area contributed by atoms with Gasteiger partial charge in [0.15, 0.2) is 0 Å². The van der Waals surface area contributed by atoms with Crippen LogP contribution in [-0.4, -0.2) is 38.2 Å². The van der Waals surface area contributed by atoms with Crippen molar-refractivity contribution in [2.24, 2.45) is 0 Å². The van der Waals surface area contributed by atoms with Gasteiger partial charge in [-0.15, -0.1) is 0 Å². The molecule has 0 spiro atoms. The number of hydrogen-bond acceptors (Lipinski definition) is 5. The van der Waals surface area contributed by atoms with Crippen molar-refractivity contribution in [2.75, 3.05) is 26.4 Å². The van der Waals surface area contributed by atoms with Crippen LogP contribution in [0.2, 0.25) is 0 Å². The summed E-state index contributed by atoms with van der Waals surface area (Å²) in [4.78, 5) is 0. The maximum atomic E-state index is 5.91. The van der Waals surface area contributed by atoms with E-state index in [2.05, 4.69) is 19.2 Å². The van der Waals surface area contributed by atoms with Crippen molar-refractivity contribution in [3.05, 3.63) is 0 Å². The van der Waals surface area contributed by atoms with E-state index in [9.17, 15) is 0 Å². The molecule has 5 heteroatoms. The third kappa shape index (κ3) is 7.06. The summed E-state index contributed by atoms with van der Waals surface area (Å²) < 4.78 is 23.6. The van der Waals surface area contributed by atoms with Crippen LogP contribution in [0.5, 0.6) is 0 Å². The lowest BCUT2D eigenvalue weighted by molar-refractivity contribution is -0.344. The smallest absolute Gasteiger partial charge is 0.231 e. The number of ether oxygens (including phenoxy) is 4. The van der Waals surface area contributed by atoms with E-state index in [0.717, 1.165) is 25.7 Å². The molecule has 0 saturated carbocycles. The highest BCUT2D eigenvalue weighted by Gasteiger charge is 2.42. The first-order chi connectivity index (χ1) is 10.1. The van der Waals surface area contributed by atoms with Crippen LogP contribution >= 0.6 is 0 Å². The summed E-state index contributed by atoms with van der Waals surface area (Å²) in [5, 5.41) is 3.40. The van der Waals surface area contributed by atoms with Gasteiger partial charge in [-0.2, -0.15) is 0 Å². The van der Waals surface area contributed by atoms with E-state index >= 15 is 0 Å². The van der Waals surface area contributed by atoms with Crippen molar-refractivity contribution in [2.45, 2.75) is 79.0 Å². The van der Waals surface area contributed by atoms with Gasteiger partial charge in [0, 0.05) is 39.3 Å². The fraction of sp³-hybridized carbons (Fsp3) is 1.00. The largest absolute Gasteiger partial charge is 0.338 e. The number of nitrogens with one attached hydrogen (secondary N) is 1. The van der Waals surface area contributed by atoms with Gasteiger partial charge in [-0.1, -0.05) is 13.8 Å². The SMILES string of the molecule is CCCC(NC(CCC)(OCC)OCC)(OCC)OCC. The Balaban J connectivity index is 5.30. The molecule has 0 atom stereocenters. The molecule has 0 amide bonds. The average molecular weight is 305 g/mol. The van der Waals surface area contributed by atoms with Gasteiger partial charge in [0.2, 0.25) is 11.8 Å². The molecule has 0 radical (unpaired) electrons. The van der Waals surface area contributed by atoms with Gasteiger partial charge < -0.3 is 18.9 Å². The number of rotatable bonds is 14. The van der Waals surface area contributed by atoms with Crippen molar-refractivity contribution in [3.8, 4) is 0 Å². The zero-order valence-electron chi connectivity index (χ0n) is 14.8. The van der Waals surface area contributed by atoms with Crippen LogP contribution in [0.25, 0.3) is 0 Å². The van der Waals surface area contributed by atoms with E-state index in [1.807, 2.05) is 27.7 Å². The number of hydrogen-bond donors (Lipinski definition) is 1. The molecule has 0 fully saturated rings. The normalized spacial score (nSPS) is 12.9. The molecule has 0 saturated heterocycles. The third-order valence-corrected chi connectivity index (χ3v) is 3.05. The van der Waals surface area contributed by atoms with Gasteiger partial charge in [-0.05, 0) is 40.5 Å². The molecule has 0 heterocycles. The van der Waals surface area contributed by atoms with Crippen LogP contribution in [0, 0.1) is 0 Å². The van der Waals surface area contributed by atoms with Gasteiger partial charge in [-0.25, -0.2) is 5.32 Å². The molecule has 21 heavy (non-hydrogen) atoms. The van der Waals surface area contributed by atoms with Crippen molar-refractivity contribution in [1.82, 2.24) is 5.32 Å². The molecule has 1 N–H and O–H groups in total. The second-order valence-electron chi connectivity index (χ2n) is 4.86. The van der Waals surface area contributed by atoms with E-state index < -0.39 is 11.8 Å². The van der Waals surface area contributed by atoms with Crippen LogP contribution in [0.1, 0.15) is 67.2 Å². The van der Waals surface area contributed by atoms with Gasteiger partial charge in [0.1, 0.15) is 0 Å². The van der Waals surface area contributed by atoms with Crippen LogP contribution in [0.4, 0.5) is 0 Å². The molecule has 0 aromatic heterocycles. The van der Waals surface area contributed by atoms with E-state index in [4.69, 9.17) is 18.9 Å². The monoisotopic (exact) mass is 305 g/mol. The molecular formula is C16H35NO4. The second-order valence-corrected chi connectivity index (χ2v) is 4.86. The van der Waals surface area contributed by atoms with Crippen molar-refractivity contribution in [3.63, 3.8) is 0 Å². The Morgan fingerprint density at radius 1 is 0.571 bits per heavy atom. The Hall–Kier alpha value is -0.200. The highest BCUT2D eigenvalue weighted by molar-refractivity contribution is 4.76. The highest BCUT2D eigenvalue weighted by atomic mass is 16.8. The molecule has 0 aliphatic carbocycles. The standard InChI is InChI=1S/C16H35NO4/c1-7-13-15(18-9-3,19-10-4)17-16(14-8-2,20-11-5)21-12-6/h17H,7-14H2,1-6H3. The van der Waals surface area contributed by atoms with Crippen LogP contribution in [0.15, 0.2) is 0 Å². The topological polar surface area (TPSA) is 49.0 Å². The second kappa shape index (κ2) is 11.4. The molecule has 5 nitrogen and oxygen atoms in total. The minimum atomic E-state index is -0.863. The molecule has 128 valence electrons. The van der Waals surface area contributed by atoms with Gasteiger partial charge in [0.25, 0.3) is 0 Å². The molecule has 0 aliphatic heterocycles.